The molecule has 0 aliphatic carbocycles. The van der Waals surface area contributed by atoms with Gasteiger partial charge in [0.1, 0.15) is 6.04 Å². The van der Waals surface area contributed by atoms with Crippen LogP contribution >= 0.6 is 23.2 Å². The van der Waals surface area contributed by atoms with E-state index in [0.29, 0.717) is 28.7 Å². The van der Waals surface area contributed by atoms with Gasteiger partial charge in [-0.1, -0.05) is 72.6 Å². The Morgan fingerprint density at radius 1 is 0.900 bits per heavy atom. The van der Waals surface area contributed by atoms with Crippen molar-refractivity contribution in [3.8, 4) is 0 Å². The molecule has 0 spiro atoms. The number of sulfonamides is 1. The van der Waals surface area contributed by atoms with E-state index in [-0.39, 0.29) is 37.7 Å². The first-order chi connectivity index (χ1) is 19.1. The Balaban J connectivity index is 1.86. The summed E-state index contributed by atoms with van der Waals surface area (Å²) in [5.74, 6) is -0.489. The Labute approximate surface area is 247 Å². The quantitative estimate of drug-likeness (QED) is 0.256. The molecule has 0 aliphatic heterocycles. The van der Waals surface area contributed by atoms with Crippen molar-refractivity contribution in [2.75, 3.05) is 23.7 Å². The van der Waals surface area contributed by atoms with E-state index in [1.807, 2.05) is 43.3 Å². The van der Waals surface area contributed by atoms with Crippen LogP contribution in [0.2, 0.25) is 10.0 Å². The van der Waals surface area contributed by atoms with Crippen molar-refractivity contribution < 1.29 is 18.0 Å². The smallest absolute Gasteiger partial charge is 0.243 e. The van der Waals surface area contributed by atoms with Gasteiger partial charge in [0.2, 0.25) is 21.8 Å². The van der Waals surface area contributed by atoms with Gasteiger partial charge in [-0.05, 0) is 60.4 Å². The lowest BCUT2D eigenvalue weighted by Crippen LogP contribution is -2.50. The second-order valence-corrected chi connectivity index (χ2v) is 12.3. The van der Waals surface area contributed by atoms with Crippen LogP contribution in [0.4, 0.5) is 5.69 Å². The van der Waals surface area contributed by atoms with E-state index in [1.54, 1.807) is 47.4 Å². The third-order valence-corrected chi connectivity index (χ3v) is 8.01. The molecule has 0 aliphatic rings. The van der Waals surface area contributed by atoms with Crippen molar-refractivity contribution in [3.05, 3.63) is 100 Å². The molecular weight excluding hydrogens is 569 g/mol. The zero-order chi connectivity index (χ0) is 29.1. The Hall–Kier alpha value is -3.07. The number of carbonyl (C=O) groups excluding carboxylic acids is 2. The van der Waals surface area contributed by atoms with Crippen molar-refractivity contribution in [3.63, 3.8) is 0 Å². The highest BCUT2D eigenvalue weighted by molar-refractivity contribution is 7.92. The van der Waals surface area contributed by atoms with Crippen LogP contribution < -0.4 is 9.62 Å². The summed E-state index contributed by atoms with van der Waals surface area (Å²) in [7, 11) is -3.60. The molecule has 1 N–H and O–H groups in total. The van der Waals surface area contributed by atoms with E-state index in [0.717, 1.165) is 23.8 Å². The maximum absolute atomic E-state index is 13.8. The summed E-state index contributed by atoms with van der Waals surface area (Å²) in [4.78, 5) is 28.8. The monoisotopic (exact) mass is 603 g/mol. The number of hydrogen-bond acceptors (Lipinski definition) is 4. The molecule has 2 amide bonds. The van der Waals surface area contributed by atoms with E-state index in [1.165, 1.54) is 4.31 Å². The standard InChI is InChI=1S/C30H35Cl2N3O4S/c1-3-18-33-30(37)28(21-23-9-5-4-6-10-23)34(22-24-11-7-12-26(32)20-24)29(36)13-8-19-35(40(2,38)39)27-16-14-25(31)15-17-27/h4-7,9-12,14-17,20,28H,3,8,13,18-19,21-22H2,1-2H3,(H,33,37). The second kappa shape index (κ2) is 15.1. The predicted molar refractivity (Wildman–Crippen MR) is 162 cm³/mol. The van der Waals surface area contributed by atoms with Crippen LogP contribution in [0.15, 0.2) is 78.9 Å². The van der Waals surface area contributed by atoms with Gasteiger partial charge in [0.25, 0.3) is 0 Å². The molecule has 1 atom stereocenters. The molecule has 0 fully saturated rings. The summed E-state index contributed by atoms with van der Waals surface area (Å²) in [6.07, 6.45) is 2.53. The van der Waals surface area contributed by atoms with Gasteiger partial charge in [-0.2, -0.15) is 0 Å². The first-order valence-corrected chi connectivity index (χ1v) is 15.8. The molecule has 10 heteroatoms. The number of nitrogens with zero attached hydrogens (tertiary/aromatic N) is 2. The lowest BCUT2D eigenvalue weighted by atomic mass is 10.0. The number of halogens is 2. The predicted octanol–water partition coefficient (Wildman–Crippen LogP) is 5.71. The zero-order valence-corrected chi connectivity index (χ0v) is 25.1. The number of amides is 2. The van der Waals surface area contributed by atoms with Gasteiger partial charge in [0.15, 0.2) is 0 Å². The highest BCUT2D eigenvalue weighted by Crippen LogP contribution is 2.22. The van der Waals surface area contributed by atoms with E-state index in [2.05, 4.69) is 5.32 Å². The number of benzene rings is 3. The van der Waals surface area contributed by atoms with Crippen LogP contribution in [-0.2, 0) is 32.6 Å². The molecule has 214 valence electrons. The van der Waals surface area contributed by atoms with Gasteiger partial charge in [0.05, 0.1) is 11.9 Å². The Morgan fingerprint density at radius 3 is 2.20 bits per heavy atom. The maximum atomic E-state index is 13.8. The van der Waals surface area contributed by atoms with Gasteiger partial charge in [-0.25, -0.2) is 8.42 Å². The van der Waals surface area contributed by atoms with E-state index < -0.39 is 16.1 Å². The normalized spacial score (nSPS) is 12.0. The lowest BCUT2D eigenvalue weighted by molar-refractivity contribution is -0.141. The molecule has 0 saturated carbocycles. The molecule has 1 unspecified atom stereocenters. The summed E-state index contributed by atoms with van der Waals surface area (Å²) in [6, 6.07) is 22.5. The van der Waals surface area contributed by atoms with Crippen LogP contribution in [0.5, 0.6) is 0 Å². The van der Waals surface area contributed by atoms with Crippen LogP contribution in [0.1, 0.15) is 37.3 Å². The van der Waals surface area contributed by atoms with Crippen LogP contribution in [-0.4, -0.2) is 50.5 Å². The molecule has 3 rings (SSSR count). The van der Waals surface area contributed by atoms with Crippen LogP contribution in [0.25, 0.3) is 0 Å². The van der Waals surface area contributed by atoms with Gasteiger partial charge >= 0.3 is 0 Å². The van der Waals surface area contributed by atoms with E-state index >= 15 is 0 Å². The van der Waals surface area contributed by atoms with Gasteiger partial charge < -0.3 is 10.2 Å². The third-order valence-electron chi connectivity index (χ3n) is 6.33. The summed E-state index contributed by atoms with van der Waals surface area (Å²) in [5, 5.41) is 3.98. The maximum Gasteiger partial charge on any atom is 0.243 e. The fourth-order valence-corrected chi connectivity index (χ4v) is 5.67. The topological polar surface area (TPSA) is 86.8 Å². The number of carbonyl (C=O) groups is 2. The van der Waals surface area contributed by atoms with Gasteiger partial charge in [0, 0.05) is 42.5 Å². The molecule has 3 aromatic rings. The Morgan fingerprint density at radius 2 is 1.57 bits per heavy atom. The SMILES string of the molecule is CCCNC(=O)C(Cc1ccccc1)N(Cc1cccc(Cl)c1)C(=O)CCCN(c1ccc(Cl)cc1)S(C)(=O)=O. The molecule has 3 aromatic carbocycles. The van der Waals surface area contributed by atoms with Crippen LogP contribution in [0.3, 0.4) is 0 Å². The average Bonchev–Trinajstić information content (AvgIpc) is 2.92. The van der Waals surface area contributed by atoms with Crippen molar-refractivity contribution in [1.82, 2.24) is 10.2 Å². The van der Waals surface area contributed by atoms with Crippen LogP contribution in [0, 0.1) is 0 Å². The number of hydrogen-bond donors (Lipinski definition) is 1. The highest BCUT2D eigenvalue weighted by atomic mass is 35.5. The van der Waals surface area contributed by atoms with Gasteiger partial charge in [-0.3, -0.25) is 13.9 Å². The number of nitrogens with one attached hydrogen (secondary N) is 1. The Bertz CT molecular complexity index is 1370. The molecule has 0 bridgehead atoms. The second-order valence-electron chi connectivity index (χ2n) is 9.56. The van der Waals surface area contributed by atoms with Gasteiger partial charge in [-0.15, -0.1) is 0 Å². The molecule has 0 saturated heterocycles. The van der Waals surface area contributed by atoms with E-state index in [4.69, 9.17) is 23.2 Å². The molecule has 7 nitrogen and oxygen atoms in total. The molecule has 40 heavy (non-hydrogen) atoms. The minimum atomic E-state index is -3.60. The molecule has 0 radical (unpaired) electrons. The fourth-order valence-electron chi connectivity index (χ4n) is 4.36. The van der Waals surface area contributed by atoms with Crippen molar-refractivity contribution in [2.24, 2.45) is 0 Å². The number of anilines is 1. The first-order valence-electron chi connectivity index (χ1n) is 13.2. The summed E-state index contributed by atoms with van der Waals surface area (Å²) in [6.45, 7) is 2.75. The molecular formula is C30H35Cl2N3O4S. The molecule has 0 aromatic heterocycles. The lowest BCUT2D eigenvalue weighted by Gasteiger charge is -2.32. The summed E-state index contributed by atoms with van der Waals surface area (Å²) >= 11 is 12.2. The summed E-state index contributed by atoms with van der Waals surface area (Å²) < 4.78 is 26.3. The Kier molecular flexibility index (Phi) is 11.9. The zero-order valence-electron chi connectivity index (χ0n) is 22.7. The fraction of sp³-hybridized carbons (Fsp3) is 0.333. The van der Waals surface area contributed by atoms with Crippen molar-refractivity contribution >= 4 is 50.7 Å². The largest absolute Gasteiger partial charge is 0.354 e. The van der Waals surface area contributed by atoms with E-state index in [9.17, 15) is 18.0 Å². The summed E-state index contributed by atoms with van der Waals surface area (Å²) in [5.41, 5.74) is 2.19. The third kappa shape index (κ3) is 9.54. The van der Waals surface area contributed by atoms with Crippen molar-refractivity contribution in [1.29, 1.82) is 0 Å². The minimum Gasteiger partial charge on any atom is -0.354 e. The van der Waals surface area contributed by atoms with Crippen molar-refractivity contribution in [2.45, 2.75) is 45.2 Å². The minimum absolute atomic E-state index is 0.0481. The average molecular weight is 605 g/mol. The number of rotatable bonds is 14. The highest BCUT2D eigenvalue weighted by Gasteiger charge is 2.30. The molecule has 0 heterocycles. The first kappa shape index (κ1) is 31.5.